The van der Waals surface area contributed by atoms with Crippen LogP contribution in [0.2, 0.25) is 0 Å². The van der Waals surface area contributed by atoms with Crippen LogP contribution < -0.4 is 24.7 Å². The van der Waals surface area contributed by atoms with Gasteiger partial charge in [-0.1, -0.05) is 13.3 Å². The number of aromatic hydroxyl groups is 1. The monoisotopic (exact) mass is 494 g/mol. The van der Waals surface area contributed by atoms with Gasteiger partial charge in [-0.15, -0.1) is 0 Å². The first-order valence-corrected chi connectivity index (χ1v) is 10.9. The van der Waals surface area contributed by atoms with E-state index in [-0.39, 0.29) is 46.4 Å². The molecule has 0 amide bonds. The summed E-state index contributed by atoms with van der Waals surface area (Å²) in [4.78, 5) is 15.4. The van der Waals surface area contributed by atoms with E-state index in [1.165, 1.54) is 39.5 Å². The molecule has 0 unspecified atom stereocenters. The van der Waals surface area contributed by atoms with Crippen molar-refractivity contribution in [3.63, 3.8) is 0 Å². The maximum Gasteiger partial charge on any atom is 0.311 e. The van der Waals surface area contributed by atoms with Crippen molar-refractivity contribution in [2.45, 2.75) is 19.8 Å². The van der Waals surface area contributed by atoms with Crippen molar-refractivity contribution in [3.8, 4) is 57.2 Å². The number of nitrogens with two attached hydrogens (primary N) is 1. The number of nitriles is 1. The second-order valence-corrected chi connectivity index (χ2v) is 7.64. The average Bonchev–Trinajstić information content (AvgIpc) is 2.87. The SMILES string of the molecule is CCCCOc1cc(O)c(-c2cc(-c3cc(OC)c(OC)c(OC)c3)c(C#N)c(N)n2)cc1[N+](=O)[O-]. The third kappa shape index (κ3) is 5.02. The van der Waals surface area contributed by atoms with Crippen LogP contribution in [0.4, 0.5) is 11.5 Å². The van der Waals surface area contributed by atoms with E-state index in [0.29, 0.717) is 34.8 Å². The fourth-order valence-electron chi connectivity index (χ4n) is 3.63. The van der Waals surface area contributed by atoms with Crippen LogP contribution in [0.25, 0.3) is 22.4 Å². The zero-order valence-electron chi connectivity index (χ0n) is 20.3. The van der Waals surface area contributed by atoms with Crippen molar-refractivity contribution in [3.05, 3.63) is 46.0 Å². The van der Waals surface area contributed by atoms with Crippen LogP contribution in [0.3, 0.4) is 0 Å². The molecule has 3 N–H and O–H groups in total. The van der Waals surface area contributed by atoms with Crippen molar-refractivity contribution in [2.75, 3.05) is 33.7 Å². The maximum absolute atomic E-state index is 11.7. The van der Waals surface area contributed by atoms with Gasteiger partial charge in [0.2, 0.25) is 11.5 Å². The Labute approximate surface area is 207 Å². The number of hydrogen-bond acceptors (Lipinski definition) is 10. The molecule has 11 nitrogen and oxygen atoms in total. The number of pyridine rings is 1. The van der Waals surface area contributed by atoms with E-state index in [9.17, 15) is 20.5 Å². The zero-order valence-corrected chi connectivity index (χ0v) is 20.3. The van der Waals surface area contributed by atoms with E-state index in [1.807, 2.05) is 13.0 Å². The highest BCUT2D eigenvalue weighted by atomic mass is 16.6. The van der Waals surface area contributed by atoms with E-state index in [2.05, 4.69) is 4.98 Å². The van der Waals surface area contributed by atoms with Crippen LogP contribution in [-0.4, -0.2) is 43.0 Å². The summed E-state index contributed by atoms with van der Waals surface area (Å²) in [5.41, 5.74) is 6.85. The van der Waals surface area contributed by atoms with Gasteiger partial charge in [-0.05, 0) is 30.2 Å². The Kier molecular flexibility index (Phi) is 8.01. The number of rotatable bonds is 10. The lowest BCUT2D eigenvalue weighted by Crippen LogP contribution is -2.03. The van der Waals surface area contributed by atoms with Crippen molar-refractivity contribution >= 4 is 11.5 Å². The molecule has 0 bridgehead atoms. The topological polar surface area (TPSA) is 163 Å². The summed E-state index contributed by atoms with van der Waals surface area (Å²) in [7, 11) is 4.38. The smallest absolute Gasteiger partial charge is 0.311 e. The summed E-state index contributed by atoms with van der Waals surface area (Å²) in [5, 5.41) is 32.2. The second kappa shape index (κ2) is 11.1. The minimum Gasteiger partial charge on any atom is -0.507 e. The highest BCUT2D eigenvalue weighted by Crippen LogP contribution is 2.44. The molecular weight excluding hydrogens is 468 g/mol. The number of ether oxygens (including phenoxy) is 4. The summed E-state index contributed by atoms with van der Waals surface area (Å²) < 4.78 is 21.7. The van der Waals surface area contributed by atoms with E-state index in [4.69, 9.17) is 24.7 Å². The predicted octanol–water partition coefficient (Wildman–Crippen LogP) is 4.69. The largest absolute Gasteiger partial charge is 0.507 e. The molecule has 0 atom stereocenters. The number of hydrogen-bond donors (Lipinski definition) is 2. The summed E-state index contributed by atoms with van der Waals surface area (Å²) in [6, 6.07) is 9.16. The molecule has 36 heavy (non-hydrogen) atoms. The first-order valence-electron chi connectivity index (χ1n) is 10.9. The summed E-state index contributed by atoms with van der Waals surface area (Å²) in [6.07, 6.45) is 1.54. The summed E-state index contributed by atoms with van der Waals surface area (Å²) >= 11 is 0. The minimum atomic E-state index is -0.600. The van der Waals surface area contributed by atoms with Crippen LogP contribution in [0, 0.1) is 21.4 Å². The Bertz CT molecular complexity index is 1310. The van der Waals surface area contributed by atoms with Gasteiger partial charge in [-0.2, -0.15) is 5.26 Å². The van der Waals surface area contributed by atoms with Gasteiger partial charge >= 0.3 is 5.69 Å². The fraction of sp³-hybridized carbons (Fsp3) is 0.280. The number of unbranched alkanes of at least 4 members (excludes halogenated alkanes) is 1. The van der Waals surface area contributed by atoms with E-state index >= 15 is 0 Å². The summed E-state index contributed by atoms with van der Waals surface area (Å²) in [5.74, 6) is 0.584. The summed E-state index contributed by atoms with van der Waals surface area (Å²) in [6.45, 7) is 2.23. The van der Waals surface area contributed by atoms with Gasteiger partial charge in [-0.25, -0.2) is 4.98 Å². The predicted molar refractivity (Wildman–Crippen MR) is 133 cm³/mol. The highest BCUT2D eigenvalue weighted by molar-refractivity contribution is 5.84. The number of anilines is 1. The molecule has 3 aromatic rings. The quantitative estimate of drug-likeness (QED) is 0.230. The van der Waals surface area contributed by atoms with Crippen molar-refractivity contribution < 1.29 is 29.0 Å². The molecule has 0 aliphatic rings. The molecule has 11 heteroatoms. The van der Waals surface area contributed by atoms with Gasteiger partial charge in [0.25, 0.3) is 0 Å². The molecule has 188 valence electrons. The fourth-order valence-corrected chi connectivity index (χ4v) is 3.63. The molecule has 1 heterocycles. The normalized spacial score (nSPS) is 10.4. The number of phenolic OH excluding ortho intramolecular Hbond substituents is 1. The number of nitro groups is 1. The van der Waals surface area contributed by atoms with Crippen LogP contribution in [0.1, 0.15) is 25.3 Å². The van der Waals surface area contributed by atoms with E-state index < -0.39 is 4.92 Å². The van der Waals surface area contributed by atoms with E-state index in [1.54, 1.807) is 12.1 Å². The van der Waals surface area contributed by atoms with Crippen LogP contribution >= 0.6 is 0 Å². The molecule has 0 aliphatic heterocycles. The Hall–Kier alpha value is -4.72. The molecule has 0 saturated carbocycles. The first-order chi connectivity index (χ1) is 17.3. The van der Waals surface area contributed by atoms with Crippen LogP contribution in [-0.2, 0) is 0 Å². The molecule has 2 aromatic carbocycles. The zero-order chi connectivity index (χ0) is 26.4. The Morgan fingerprint density at radius 1 is 1.06 bits per heavy atom. The van der Waals surface area contributed by atoms with Crippen molar-refractivity contribution in [1.82, 2.24) is 4.98 Å². The van der Waals surface area contributed by atoms with Crippen molar-refractivity contribution in [2.24, 2.45) is 0 Å². The maximum atomic E-state index is 11.7. The second-order valence-electron chi connectivity index (χ2n) is 7.64. The van der Waals surface area contributed by atoms with Crippen LogP contribution in [0.15, 0.2) is 30.3 Å². The van der Waals surface area contributed by atoms with Gasteiger partial charge in [0.05, 0.1) is 38.6 Å². The Balaban J connectivity index is 2.24. The van der Waals surface area contributed by atoms with Gasteiger partial charge in [0.15, 0.2) is 11.5 Å². The lowest BCUT2D eigenvalue weighted by Gasteiger charge is -2.16. The standard InChI is InChI=1S/C25H26N4O7/c1-5-6-7-36-21-12-20(30)16(11-19(21)29(31)32)18-10-15(17(13-26)25(27)28-18)14-8-22(33-2)24(35-4)23(9-14)34-3/h8-12,30H,5-7H2,1-4H3,(H2,27,28). The first kappa shape index (κ1) is 25.9. The Morgan fingerprint density at radius 2 is 1.72 bits per heavy atom. The minimum absolute atomic E-state index is 0.0504. The highest BCUT2D eigenvalue weighted by Gasteiger charge is 2.24. The Morgan fingerprint density at radius 3 is 2.25 bits per heavy atom. The number of phenols is 1. The lowest BCUT2D eigenvalue weighted by atomic mass is 9.97. The number of aromatic nitrogens is 1. The molecule has 0 spiro atoms. The molecule has 1 aromatic heterocycles. The average molecular weight is 495 g/mol. The molecule has 3 rings (SSSR count). The molecule has 0 radical (unpaired) electrons. The third-order valence-electron chi connectivity index (χ3n) is 5.44. The van der Waals surface area contributed by atoms with Crippen LogP contribution in [0.5, 0.6) is 28.7 Å². The van der Waals surface area contributed by atoms with Crippen molar-refractivity contribution in [1.29, 1.82) is 5.26 Å². The van der Waals surface area contributed by atoms with Gasteiger partial charge in [0.1, 0.15) is 23.2 Å². The molecule has 0 saturated heterocycles. The van der Waals surface area contributed by atoms with E-state index in [0.717, 1.165) is 6.42 Å². The number of nitrogens with zero attached hydrogens (tertiary/aromatic N) is 3. The van der Waals surface area contributed by atoms with Gasteiger partial charge in [0, 0.05) is 23.3 Å². The molecular formula is C25H26N4O7. The number of nitrogen functional groups attached to an aromatic ring is 1. The number of nitro benzene ring substituents is 1. The molecule has 0 fully saturated rings. The third-order valence-corrected chi connectivity index (χ3v) is 5.44. The van der Waals surface area contributed by atoms with Gasteiger partial charge in [-0.3, -0.25) is 10.1 Å². The number of methoxy groups -OCH3 is 3. The van der Waals surface area contributed by atoms with Gasteiger partial charge < -0.3 is 29.8 Å². The number of benzene rings is 2. The lowest BCUT2D eigenvalue weighted by molar-refractivity contribution is -0.385. The molecule has 0 aliphatic carbocycles.